The number of carbonyl (C=O) groups excluding carboxylic acids is 3. The lowest BCUT2D eigenvalue weighted by Crippen LogP contribution is -2.27. The maximum absolute atomic E-state index is 12.5. The number of Topliss-reactive ketones (excluding diaryl/α,β-unsaturated/α-hetero) is 1. The molecule has 140 valence electrons. The Morgan fingerprint density at radius 2 is 1.81 bits per heavy atom. The quantitative estimate of drug-likeness (QED) is 0.461. The number of anilines is 1. The first kappa shape index (κ1) is 18.6. The molecule has 1 heterocycles. The molecule has 0 saturated carbocycles. The van der Waals surface area contributed by atoms with Gasteiger partial charge in [-0.15, -0.1) is 0 Å². The number of amides is 1. The van der Waals surface area contributed by atoms with Gasteiger partial charge in [-0.3, -0.25) is 14.4 Å². The van der Waals surface area contributed by atoms with Crippen molar-refractivity contribution in [2.24, 2.45) is 5.92 Å². The van der Waals surface area contributed by atoms with E-state index in [1.165, 1.54) is 6.92 Å². The van der Waals surface area contributed by atoms with Crippen molar-refractivity contribution in [2.45, 2.75) is 20.3 Å². The Labute approximate surface area is 157 Å². The van der Waals surface area contributed by atoms with Gasteiger partial charge in [-0.2, -0.15) is 0 Å². The topological polar surface area (TPSA) is 72.9 Å². The van der Waals surface area contributed by atoms with Gasteiger partial charge in [0.2, 0.25) is 5.91 Å². The van der Waals surface area contributed by atoms with E-state index in [1.54, 1.807) is 42.3 Å². The van der Waals surface area contributed by atoms with Crippen molar-refractivity contribution in [1.82, 2.24) is 0 Å². The van der Waals surface area contributed by atoms with Gasteiger partial charge < -0.3 is 14.4 Å². The molecule has 1 fully saturated rings. The lowest BCUT2D eigenvalue weighted by molar-refractivity contribution is -0.139. The molecule has 0 N–H and O–H groups in total. The summed E-state index contributed by atoms with van der Waals surface area (Å²) < 4.78 is 10.7. The number of methoxy groups -OCH3 is 1. The van der Waals surface area contributed by atoms with Gasteiger partial charge in [0.05, 0.1) is 18.7 Å². The smallest absolute Gasteiger partial charge is 0.316 e. The molecule has 1 atom stereocenters. The van der Waals surface area contributed by atoms with Crippen LogP contribution in [0.5, 0.6) is 11.5 Å². The lowest BCUT2D eigenvalue weighted by Gasteiger charge is -2.20. The molecule has 2 aromatic carbocycles. The zero-order valence-electron chi connectivity index (χ0n) is 15.5. The lowest BCUT2D eigenvalue weighted by atomic mass is 10.1. The SMILES string of the molecule is COc1ccc(C)cc1N1C[C@@H](C(=O)Oc2ccc(C(C)=O)cc2)CC1=O. The summed E-state index contributed by atoms with van der Waals surface area (Å²) in [5.74, 6) is -0.292. The van der Waals surface area contributed by atoms with Gasteiger partial charge >= 0.3 is 5.97 Å². The third-order valence-corrected chi connectivity index (χ3v) is 4.56. The van der Waals surface area contributed by atoms with Crippen molar-refractivity contribution in [2.75, 3.05) is 18.6 Å². The van der Waals surface area contributed by atoms with Crippen LogP contribution in [0.25, 0.3) is 0 Å². The van der Waals surface area contributed by atoms with Crippen LogP contribution in [0.2, 0.25) is 0 Å². The van der Waals surface area contributed by atoms with Crippen LogP contribution in [0.4, 0.5) is 5.69 Å². The van der Waals surface area contributed by atoms with Crippen LogP contribution < -0.4 is 14.4 Å². The molecular formula is C21H21NO5. The van der Waals surface area contributed by atoms with Crippen LogP contribution in [0.1, 0.15) is 29.3 Å². The minimum atomic E-state index is -0.560. The van der Waals surface area contributed by atoms with Crippen LogP contribution in [-0.2, 0) is 9.59 Å². The van der Waals surface area contributed by atoms with Crippen LogP contribution in [0.15, 0.2) is 42.5 Å². The average Bonchev–Trinajstić information content (AvgIpc) is 3.04. The molecule has 6 heteroatoms. The predicted octanol–water partition coefficient (Wildman–Crippen LogP) is 3.16. The highest BCUT2D eigenvalue weighted by atomic mass is 16.5. The summed E-state index contributed by atoms with van der Waals surface area (Å²) in [6.45, 7) is 3.64. The number of ether oxygens (including phenoxy) is 2. The number of ketones is 1. The van der Waals surface area contributed by atoms with E-state index in [4.69, 9.17) is 9.47 Å². The van der Waals surface area contributed by atoms with Gasteiger partial charge in [0.1, 0.15) is 11.5 Å². The van der Waals surface area contributed by atoms with E-state index in [9.17, 15) is 14.4 Å². The summed E-state index contributed by atoms with van der Waals surface area (Å²) in [4.78, 5) is 37.8. The second-order valence-corrected chi connectivity index (χ2v) is 6.58. The summed E-state index contributed by atoms with van der Waals surface area (Å²) in [5.41, 5.74) is 2.20. The van der Waals surface area contributed by atoms with Crippen molar-refractivity contribution in [1.29, 1.82) is 0 Å². The Hall–Kier alpha value is -3.15. The second-order valence-electron chi connectivity index (χ2n) is 6.58. The minimum absolute atomic E-state index is 0.0583. The summed E-state index contributed by atoms with van der Waals surface area (Å²) in [5, 5.41) is 0. The standard InChI is InChI=1S/C21H21NO5/c1-13-4-9-19(26-3)18(10-13)22-12-16(11-20(22)24)21(25)27-17-7-5-15(6-8-17)14(2)23/h4-10,16H,11-12H2,1-3H3/t16-/m0/s1. The van der Waals surface area contributed by atoms with Gasteiger partial charge in [-0.25, -0.2) is 0 Å². The van der Waals surface area contributed by atoms with Gasteiger partial charge in [0.15, 0.2) is 5.78 Å². The summed E-state index contributed by atoms with van der Waals surface area (Å²) in [7, 11) is 1.55. The van der Waals surface area contributed by atoms with Crippen molar-refractivity contribution in [3.8, 4) is 11.5 Å². The number of hydrogen-bond acceptors (Lipinski definition) is 5. The fourth-order valence-corrected chi connectivity index (χ4v) is 3.07. The Bertz CT molecular complexity index is 888. The van der Waals surface area contributed by atoms with Crippen LogP contribution in [0, 0.1) is 12.8 Å². The molecule has 6 nitrogen and oxygen atoms in total. The molecule has 1 amide bonds. The van der Waals surface area contributed by atoms with Crippen LogP contribution >= 0.6 is 0 Å². The first-order valence-corrected chi connectivity index (χ1v) is 8.66. The predicted molar refractivity (Wildman–Crippen MR) is 100 cm³/mol. The molecule has 0 aromatic heterocycles. The van der Waals surface area contributed by atoms with Gasteiger partial charge in [0.25, 0.3) is 0 Å². The molecule has 3 rings (SSSR count). The second kappa shape index (κ2) is 7.61. The van der Waals surface area contributed by atoms with Crippen LogP contribution in [0.3, 0.4) is 0 Å². The Kier molecular flexibility index (Phi) is 5.26. The zero-order valence-corrected chi connectivity index (χ0v) is 15.5. The third kappa shape index (κ3) is 4.00. The third-order valence-electron chi connectivity index (χ3n) is 4.56. The number of benzene rings is 2. The number of nitrogens with zero attached hydrogens (tertiary/aromatic N) is 1. The molecule has 27 heavy (non-hydrogen) atoms. The van der Waals surface area contributed by atoms with E-state index in [2.05, 4.69) is 0 Å². The highest BCUT2D eigenvalue weighted by Crippen LogP contribution is 2.34. The Balaban J connectivity index is 1.72. The number of esters is 1. The molecule has 0 bridgehead atoms. The highest BCUT2D eigenvalue weighted by molar-refractivity contribution is 6.01. The van der Waals surface area contributed by atoms with Crippen LogP contribution in [-0.4, -0.2) is 31.3 Å². The fraction of sp³-hybridized carbons (Fsp3) is 0.286. The largest absolute Gasteiger partial charge is 0.495 e. The van der Waals surface area contributed by atoms with E-state index in [0.29, 0.717) is 22.7 Å². The molecule has 1 aliphatic rings. The molecule has 1 aliphatic heterocycles. The van der Waals surface area contributed by atoms with Gasteiger partial charge in [0, 0.05) is 18.5 Å². The van der Waals surface area contributed by atoms with E-state index < -0.39 is 11.9 Å². The molecule has 1 saturated heterocycles. The number of hydrogen-bond donors (Lipinski definition) is 0. The van der Waals surface area contributed by atoms with E-state index in [-0.39, 0.29) is 24.7 Å². The maximum atomic E-state index is 12.5. The monoisotopic (exact) mass is 367 g/mol. The highest BCUT2D eigenvalue weighted by Gasteiger charge is 2.37. The van der Waals surface area contributed by atoms with E-state index in [1.807, 2.05) is 19.1 Å². The number of aryl methyl sites for hydroxylation is 1. The molecule has 2 aromatic rings. The average molecular weight is 367 g/mol. The molecule has 0 radical (unpaired) electrons. The minimum Gasteiger partial charge on any atom is -0.495 e. The van der Waals surface area contributed by atoms with Crippen molar-refractivity contribution < 1.29 is 23.9 Å². The maximum Gasteiger partial charge on any atom is 0.316 e. The Morgan fingerprint density at radius 3 is 2.44 bits per heavy atom. The number of rotatable bonds is 5. The molecule has 0 aliphatic carbocycles. The van der Waals surface area contributed by atoms with Crippen molar-refractivity contribution in [3.63, 3.8) is 0 Å². The summed E-state index contributed by atoms with van der Waals surface area (Å²) in [6, 6.07) is 11.9. The molecule has 0 spiro atoms. The van der Waals surface area contributed by atoms with E-state index in [0.717, 1.165) is 5.56 Å². The van der Waals surface area contributed by atoms with Crippen molar-refractivity contribution >= 4 is 23.3 Å². The fourth-order valence-electron chi connectivity index (χ4n) is 3.07. The zero-order chi connectivity index (χ0) is 19.6. The normalized spacial score (nSPS) is 16.3. The molecular weight excluding hydrogens is 346 g/mol. The first-order chi connectivity index (χ1) is 12.9. The van der Waals surface area contributed by atoms with Gasteiger partial charge in [-0.05, 0) is 55.8 Å². The number of carbonyl (C=O) groups is 3. The first-order valence-electron chi connectivity index (χ1n) is 8.66. The van der Waals surface area contributed by atoms with Crippen molar-refractivity contribution in [3.05, 3.63) is 53.6 Å². The molecule has 0 unspecified atom stereocenters. The Morgan fingerprint density at radius 1 is 1.11 bits per heavy atom. The van der Waals surface area contributed by atoms with Gasteiger partial charge in [-0.1, -0.05) is 6.07 Å². The summed E-state index contributed by atoms with van der Waals surface area (Å²) in [6.07, 6.45) is 0.0848. The van der Waals surface area contributed by atoms with E-state index >= 15 is 0 Å². The summed E-state index contributed by atoms with van der Waals surface area (Å²) >= 11 is 0.